The van der Waals surface area contributed by atoms with Crippen molar-refractivity contribution in [2.75, 3.05) is 20.8 Å². The normalized spacial score (nSPS) is 16.1. The molecule has 29 heavy (non-hydrogen) atoms. The zero-order valence-corrected chi connectivity index (χ0v) is 16.8. The smallest absolute Gasteiger partial charge is 0.235 e. The summed E-state index contributed by atoms with van der Waals surface area (Å²) < 4.78 is 12.6. The molecule has 4 rings (SSSR count). The average Bonchev–Trinajstić information content (AvgIpc) is 3.14. The number of nitrogens with zero attached hydrogens (tertiary/aromatic N) is 6. The number of hydrogen-bond donors (Lipinski definition) is 0. The Hall–Kier alpha value is -3.07. The van der Waals surface area contributed by atoms with Crippen LogP contribution in [0.4, 0.5) is 0 Å². The summed E-state index contributed by atoms with van der Waals surface area (Å²) in [5.74, 6) is 2.09. The highest BCUT2D eigenvalue weighted by molar-refractivity contribution is 5.77. The predicted octanol–water partition coefficient (Wildman–Crippen LogP) is 1.91. The molecule has 0 saturated carbocycles. The fraction of sp³-hybridized carbons (Fsp3) is 0.450. The molecular formula is C20H24N6O3. The second-order valence-electron chi connectivity index (χ2n) is 7.13. The summed E-state index contributed by atoms with van der Waals surface area (Å²) in [7, 11) is 3.20. The summed E-state index contributed by atoms with van der Waals surface area (Å²) in [6.07, 6.45) is 0.793. The summed E-state index contributed by atoms with van der Waals surface area (Å²) in [6.45, 7) is 3.52. The van der Waals surface area contributed by atoms with Crippen LogP contribution in [0.2, 0.25) is 0 Å². The minimum atomic E-state index is 0.0522. The fourth-order valence-electron chi connectivity index (χ4n) is 3.76. The van der Waals surface area contributed by atoms with Gasteiger partial charge in [-0.1, -0.05) is 12.1 Å². The van der Waals surface area contributed by atoms with Gasteiger partial charge in [0.15, 0.2) is 11.6 Å². The van der Waals surface area contributed by atoms with E-state index in [2.05, 4.69) is 31.7 Å². The second kappa shape index (κ2) is 8.12. The molecule has 3 aromatic rings. The van der Waals surface area contributed by atoms with Gasteiger partial charge >= 0.3 is 0 Å². The first-order valence-corrected chi connectivity index (χ1v) is 9.59. The third-order valence-corrected chi connectivity index (χ3v) is 5.10. The fourth-order valence-corrected chi connectivity index (χ4v) is 3.76. The van der Waals surface area contributed by atoms with Gasteiger partial charge in [0.25, 0.3) is 0 Å². The van der Waals surface area contributed by atoms with Crippen molar-refractivity contribution < 1.29 is 14.3 Å². The molecule has 1 aromatic carbocycles. The van der Waals surface area contributed by atoms with Crippen molar-refractivity contribution in [2.45, 2.75) is 39.0 Å². The van der Waals surface area contributed by atoms with E-state index in [9.17, 15) is 4.79 Å². The first-order valence-electron chi connectivity index (χ1n) is 9.59. The minimum absolute atomic E-state index is 0.0522. The van der Waals surface area contributed by atoms with Gasteiger partial charge in [-0.25, -0.2) is 9.97 Å². The zero-order chi connectivity index (χ0) is 20.4. The van der Waals surface area contributed by atoms with Crippen molar-refractivity contribution in [2.24, 2.45) is 0 Å². The second-order valence-corrected chi connectivity index (χ2v) is 7.13. The van der Waals surface area contributed by atoms with Gasteiger partial charge in [0.2, 0.25) is 11.8 Å². The molecule has 1 aliphatic heterocycles. The highest BCUT2D eigenvalue weighted by atomic mass is 16.5. The number of ether oxygens (including phenoxy) is 2. The molecule has 152 valence electrons. The van der Waals surface area contributed by atoms with E-state index >= 15 is 0 Å². The monoisotopic (exact) mass is 396 g/mol. The lowest BCUT2D eigenvalue weighted by Crippen LogP contribution is -2.41. The molecule has 0 spiro atoms. The summed E-state index contributed by atoms with van der Waals surface area (Å²) in [6, 6.07) is 7.72. The summed E-state index contributed by atoms with van der Waals surface area (Å²) >= 11 is 0. The lowest BCUT2D eigenvalue weighted by molar-refractivity contribution is -0.133. The van der Waals surface area contributed by atoms with Crippen LogP contribution in [0.15, 0.2) is 24.3 Å². The maximum absolute atomic E-state index is 12.9. The van der Waals surface area contributed by atoms with E-state index in [4.69, 9.17) is 9.47 Å². The van der Waals surface area contributed by atoms with Crippen LogP contribution >= 0.6 is 0 Å². The van der Waals surface area contributed by atoms with E-state index in [-0.39, 0.29) is 11.9 Å². The molecule has 0 fully saturated rings. The van der Waals surface area contributed by atoms with Crippen molar-refractivity contribution in [3.63, 3.8) is 0 Å². The van der Waals surface area contributed by atoms with Crippen LogP contribution in [0.25, 0.3) is 11.0 Å². The van der Waals surface area contributed by atoms with Gasteiger partial charge < -0.3 is 18.9 Å². The zero-order valence-electron chi connectivity index (χ0n) is 16.8. The molecule has 1 atom stereocenters. The van der Waals surface area contributed by atoms with Gasteiger partial charge in [0.1, 0.15) is 12.3 Å². The number of aryl methyl sites for hydroxylation is 1. The molecule has 0 aliphatic carbocycles. The number of methoxy groups -OCH3 is 2. The highest BCUT2D eigenvalue weighted by Gasteiger charge is 2.29. The molecule has 1 aliphatic rings. The Kier molecular flexibility index (Phi) is 5.39. The van der Waals surface area contributed by atoms with Gasteiger partial charge in [0.05, 0.1) is 30.7 Å². The third kappa shape index (κ3) is 3.77. The highest BCUT2D eigenvalue weighted by Crippen LogP contribution is 2.24. The molecule has 2 aromatic heterocycles. The maximum Gasteiger partial charge on any atom is 0.235 e. The quantitative estimate of drug-likeness (QED) is 0.628. The number of benzene rings is 1. The minimum Gasteiger partial charge on any atom is -0.480 e. The van der Waals surface area contributed by atoms with Gasteiger partial charge in [-0.2, -0.15) is 0 Å². The molecule has 0 bridgehead atoms. The Morgan fingerprint density at radius 1 is 1.17 bits per heavy atom. The van der Waals surface area contributed by atoms with Crippen LogP contribution in [-0.4, -0.2) is 56.3 Å². The van der Waals surface area contributed by atoms with Crippen molar-refractivity contribution in [3.8, 4) is 5.88 Å². The summed E-state index contributed by atoms with van der Waals surface area (Å²) in [5.41, 5.74) is 2.26. The average molecular weight is 396 g/mol. The largest absolute Gasteiger partial charge is 0.480 e. The first kappa shape index (κ1) is 19.3. The van der Waals surface area contributed by atoms with E-state index < -0.39 is 0 Å². The van der Waals surface area contributed by atoms with Crippen molar-refractivity contribution in [1.29, 1.82) is 0 Å². The first-order chi connectivity index (χ1) is 14.1. The number of hydrogen-bond acceptors (Lipinski definition) is 7. The molecule has 9 heteroatoms. The van der Waals surface area contributed by atoms with Crippen molar-refractivity contribution in [3.05, 3.63) is 41.6 Å². The molecule has 0 radical (unpaired) electrons. The third-order valence-electron chi connectivity index (χ3n) is 5.10. The number of fused-ring (bicyclic) bond motifs is 2. The lowest BCUT2D eigenvalue weighted by atomic mass is 10.1. The van der Waals surface area contributed by atoms with Crippen molar-refractivity contribution in [1.82, 2.24) is 29.6 Å². The number of amides is 1. The standard InChI is InChI=1S/C20H24N6O3/c1-13-10-25(11-17-23-24-18(12-28-2)26(13)17)19(27)9-8-16-20(29-3)22-15-7-5-4-6-14(15)21-16/h4-7,13H,8-12H2,1-3H3/t13-/m0/s1. The molecule has 1 amide bonds. The Bertz CT molecular complexity index is 1030. The van der Waals surface area contributed by atoms with Gasteiger partial charge in [-0.05, 0) is 19.1 Å². The number of carbonyl (C=O) groups is 1. The van der Waals surface area contributed by atoms with Crippen LogP contribution < -0.4 is 4.74 Å². The Morgan fingerprint density at radius 2 is 1.93 bits per heavy atom. The van der Waals surface area contributed by atoms with Gasteiger partial charge in [-0.15, -0.1) is 10.2 Å². The molecule has 3 heterocycles. The number of rotatable bonds is 6. The van der Waals surface area contributed by atoms with Crippen LogP contribution in [0.1, 0.15) is 36.7 Å². The van der Waals surface area contributed by atoms with Gasteiger partial charge in [0, 0.05) is 26.5 Å². The Labute approximate surface area is 168 Å². The van der Waals surface area contributed by atoms with Crippen molar-refractivity contribution >= 4 is 16.9 Å². The van der Waals surface area contributed by atoms with E-state index in [0.717, 1.165) is 22.7 Å². The topological polar surface area (TPSA) is 95.3 Å². The predicted molar refractivity (Wildman–Crippen MR) is 105 cm³/mol. The van der Waals surface area contributed by atoms with Crippen LogP contribution in [0, 0.1) is 0 Å². The summed E-state index contributed by atoms with van der Waals surface area (Å²) in [4.78, 5) is 23.8. The van der Waals surface area contributed by atoms with Gasteiger partial charge in [-0.3, -0.25) is 4.79 Å². The number of para-hydroxylation sites is 2. The maximum atomic E-state index is 12.9. The molecule has 9 nitrogen and oxygen atoms in total. The van der Waals surface area contributed by atoms with E-state index in [1.807, 2.05) is 29.2 Å². The van der Waals surface area contributed by atoms with E-state index in [0.29, 0.717) is 44.1 Å². The van der Waals surface area contributed by atoms with Crippen LogP contribution in [0.5, 0.6) is 5.88 Å². The molecule has 0 N–H and O–H groups in total. The molecule has 0 saturated heterocycles. The van der Waals surface area contributed by atoms with Crippen LogP contribution in [-0.2, 0) is 29.1 Å². The van der Waals surface area contributed by atoms with Crippen LogP contribution in [0.3, 0.4) is 0 Å². The Morgan fingerprint density at radius 3 is 2.66 bits per heavy atom. The SMILES string of the molecule is COCc1nnc2n1[C@@H](C)CN(C(=O)CCc1nc3ccccc3nc1OC)C2. The number of aromatic nitrogens is 5. The summed E-state index contributed by atoms with van der Waals surface area (Å²) in [5, 5.41) is 8.43. The Balaban J connectivity index is 1.47. The molecular weight excluding hydrogens is 372 g/mol. The molecule has 0 unspecified atom stereocenters. The number of carbonyl (C=O) groups excluding carboxylic acids is 1. The van der Waals surface area contributed by atoms with E-state index in [1.165, 1.54) is 0 Å². The lowest BCUT2D eigenvalue weighted by Gasteiger charge is -2.32. The van der Waals surface area contributed by atoms with E-state index in [1.54, 1.807) is 14.2 Å².